The van der Waals surface area contributed by atoms with Gasteiger partial charge < -0.3 is 10.6 Å². The van der Waals surface area contributed by atoms with E-state index in [1.807, 2.05) is 13.0 Å². The van der Waals surface area contributed by atoms with Gasteiger partial charge in [0.15, 0.2) is 0 Å². The number of thiazole rings is 1. The number of rotatable bonds is 7. The fraction of sp³-hybridized carbons (Fsp3) is 0.533. The Morgan fingerprint density at radius 1 is 1.19 bits per heavy atom. The van der Waals surface area contributed by atoms with Gasteiger partial charge in [0.25, 0.3) is 0 Å². The minimum absolute atomic E-state index is 0.551. The van der Waals surface area contributed by atoms with E-state index in [0.717, 1.165) is 41.1 Å². The summed E-state index contributed by atoms with van der Waals surface area (Å²) in [6.07, 6.45) is 3.51. The van der Waals surface area contributed by atoms with E-state index in [1.165, 1.54) is 12.8 Å². The average Bonchev–Trinajstić information content (AvgIpc) is 3.26. The average molecular weight is 303 g/mol. The zero-order valence-corrected chi connectivity index (χ0v) is 13.3. The van der Waals surface area contributed by atoms with Crippen molar-refractivity contribution >= 4 is 23.0 Å². The third-order valence-electron chi connectivity index (χ3n) is 3.36. The molecule has 1 saturated carbocycles. The maximum atomic E-state index is 4.64. The van der Waals surface area contributed by atoms with Crippen LogP contribution in [0.1, 0.15) is 48.6 Å². The number of anilines is 2. The van der Waals surface area contributed by atoms with Crippen molar-refractivity contribution in [2.45, 2.75) is 45.6 Å². The molecule has 0 radical (unpaired) electrons. The van der Waals surface area contributed by atoms with Crippen LogP contribution < -0.4 is 10.6 Å². The van der Waals surface area contributed by atoms with Gasteiger partial charge in [0.2, 0.25) is 0 Å². The van der Waals surface area contributed by atoms with Crippen molar-refractivity contribution < 1.29 is 0 Å². The van der Waals surface area contributed by atoms with E-state index < -0.39 is 0 Å². The molecule has 3 rings (SSSR count). The molecule has 0 aromatic carbocycles. The normalized spacial score (nSPS) is 14.2. The van der Waals surface area contributed by atoms with Crippen molar-refractivity contribution in [1.82, 2.24) is 15.0 Å². The van der Waals surface area contributed by atoms with Crippen molar-refractivity contribution in [2.24, 2.45) is 0 Å². The molecular formula is C15H21N5S. The first kappa shape index (κ1) is 14.3. The molecule has 0 spiro atoms. The highest BCUT2D eigenvalue weighted by Crippen LogP contribution is 2.38. The monoisotopic (exact) mass is 303 g/mol. The molecule has 1 fully saturated rings. The summed E-state index contributed by atoms with van der Waals surface area (Å²) >= 11 is 1.68. The van der Waals surface area contributed by atoms with Crippen LogP contribution in [0.5, 0.6) is 0 Å². The SMILES string of the molecule is CCCNc1cc(NCc2csc(C)n2)nc(C2CC2)n1. The number of hydrogen-bond acceptors (Lipinski definition) is 6. The highest BCUT2D eigenvalue weighted by Gasteiger charge is 2.27. The maximum Gasteiger partial charge on any atom is 0.136 e. The van der Waals surface area contributed by atoms with Crippen LogP contribution in [0.2, 0.25) is 0 Å². The summed E-state index contributed by atoms with van der Waals surface area (Å²) < 4.78 is 0. The third-order valence-corrected chi connectivity index (χ3v) is 4.18. The topological polar surface area (TPSA) is 62.7 Å². The van der Waals surface area contributed by atoms with Crippen LogP contribution >= 0.6 is 11.3 Å². The molecule has 0 bridgehead atoms. The van der Waals surface area contributed by atoms with Gasteiger partial charge in [-0.15, -0.1) is 11.3 Å². The first-order chi connectivity index (χ1) is 10.2. The minimum atomic E-state index is 0.551. The maximum absolute atomic E-state index is 4.64. The summed E-state index contributed by atoms with van der Waals surface area (Å²) in [4.78, 5) is 13.7. The second-order valence-corrected chi connectivity index (χ2v) is 6.47. The highest BCUT2D eigenvalue weighted by molar-refractivity contribution is 7.09. The standard InChI is InChI=1S/C15H21N5S/c1-3-6-16-13-7-14(20-15(19-13)11-4-5-11)17-8-12-9-21-10(2)18-12/h7,9,11H,3-6,8H2,1-2H3,(H2,16,17,19,20). The molecule has 1 aliphatic rings. The van der Waals surface area contributed by atoms with Crippen molar-refractivity contribution in [1.29, 1.82) is 0 Å². The molecule has 0 amide bonds. The highest BCUT2D eigenvalue weighted by atomic mass is 32.1. The Kier molecular flexibility index (Phi) is 4.34. The summed E-state index contributed by atoms with van der Waals surface area (Å²) in [5, 5.41) is 9.90. The van der Waals surface area contributed by atoms with Gasteiger partial charge in [-0.1, -0.05) is 6.92 Å². The van der Waals surface area contributed by atoms with Gasteiger partial charge in [0, 0.05) is 23.9 Å². The first-order valence-electron chi connectivity index (χ1n) is 7.52. The van der Waals surface area contributed by atoms with Gasteiger partial charge in [-0.3, -0.25) is 0 Å². The van der Waals surface area contributed by atoms with Crippen LogP contribution in [0, 0.1) is 6.92 Å². The molecule has 112 valence electrons. The summed E-state index contributed by atoms with van der Waals surface area (Å²) in [5.74, 6) is 3.32. The Balaban J connectivity index is 1.71. The van der Waals surface area contributed by atoms with Gasteiger partial charge >= 0.3 is 0 Å². The van der Waals surface area contributed by atoms with E-state index in [1.54, 1.807) is 11.3 Å². The second-order valence-electron chi connectivity index (χ2n) is 5.41. The summed E-state index contributed by atoms with van der Waals surface area (Å²) in [7, 11) is 0. The van der Waals surface area contributed by atoms with E-state index in [-0.39, 0.29) is 0 Å². The van der Waals surface area contributed by atoms with E-state index >= 15 is 0 Å². The number of nitrogens with one attached hydrogen (secondary N) is 2. The van der Waals surface area contributed by atoms with Crippen molar-refractivity contribution in [3.8, 4) is 0 Å². The molecule has 1 aliphatic carbocycles. The van der Waals surface area contributed by atoms with Gasteiger partial charge in [0.1, 0.15) is 17.5 Å². The molecule has 0 atom stereocenters. The van der Waals surface area contributed by atoms with Gasteiger partial charge in [-0.2, -0.15) is 0 Å². The summed E-state index contributed by atoms with van der Waals surface area (Å²) in [6.45, 7) is 5.82. The molecule has 2 heterocycles. The molecule has 0 unspecified atom stereocenters. The fourth-order valence-electron chi connectivity index (χ4n) is 2.09. The Morgan fingerprint density at radius 3 is 2.57 bits per heavy atom. The number of hydrogen-bond donors (Lipinski definition) is 2. The largest absolute Gasteiger partial charge is 0.370 e. The van der Waals surface area contributed by atoms with Crippen LogP contribution in [0.4, 0.5) is 11.6 Å². The molecule has 5 nitrogen and oxygen atoms in total. The number of aryl methyl sites for hydroxylation is 1. The third kappa shape index (κ3) is 3.91. The lowest BCUT2D eigenvalue weighted by Gasteiger charge is -2.10. The Hall–Kier alpha value is -1.69. The minimum Gasteiger partial charge on any atom is -0.370 e. The molecule has 2 N–H and O–H groups in total. The zero-order chi connectivity index (χ0) is 14.7. The smallest absolute Gasteiger partial charge is 0.136 e. The molecule has 2 aromatic rings. The zero-order valence-electron chi connectivity index (χ0n) is 12.5. The molecule has 21 heavy (non-hydrogen) atoms. The molecule has 2 aromatic heterocycles. The molecule has 0 saturated heterocycles. The van der Waals surface area contributed by atoms with Crippen LogP contribution in [-0.4, -0.2) is 21.5 Å². The van der Waals surface area contributed by atoms with Crippen LogP contribution in [0.25, 0.3) is 0 Å². The van der Waals surface area contributed by atoms with Crippen molar-refractivity contribution in [3.63, 3.8) is 0 Å². The van der Waals surface area contributed by atoms with Gasteiger partial charge in [-0.05, 0) is 26.2 Å². The Bertz CT molecular complexity index is 606. The van der Waals surface area contributed by atoms with E-state index in [2.05, 4.69) is 37.9 Å². The number of aromatic nitrogens is 3. The van der Waals surface area contributed by atoms with E-state index in [9.17, 15) is 0 Å². The lowest BCUT2D eigenvalue weighted by atomic mass is 10.3. The summed E-state index contributed by atoms with van der Waals surface area (Å²) in [5.41, 5.74) is 1.06. The Labute approximate surface area is 129 Å². The predicted molar refractivity (Wildman–Crippen MR) is 87.0 cm³/mol. The van der Waals surface area contributed by atoms with E-state index in [0.29, 0.717) is 12.5 Å². The summed E-state index contributed by atoms with van der Waals surface area (Å²) in [6, 6.07) is 1.99. The van der Waals surface area contributed by atoms with Crippen LogP contribution in [0.15, 0.2) is 11.4 Å². The van der Waals surface area contributed by atoms with Crippen molar-refractivity contribution in [2.75, 3.05) is 17.2 Å². The Morgan fingerprint density at radius 2 is 1.95 bits per heavy atom. The van der Waals surface area contributed by atoms with Crippen molar-refractivity contribution in [3.05, 3.63) is 28.0 Å². The fourth-order valence-corrected chi connectivity index (χ4v) is 2.71. The van der Waals surface area contributed by atoms with Gasteiger partial charge in [-0.25, -0.2) is 15.0 Å². The molecule has 6 heteroatoms. The first-order valence-corrected chi connectivity index (χ1v) is 8.40. The lowest BCUT2D eigenvalue weighted by molar-refractivity contribution is 0.902. The second kappa shape index (κ2) is 6.39. The van der Waals surface area contributed by atoms with Crippen LogP contribution in [0.3, 0.4) is 0 Å². The predicted octanol–water partition coefficient (Wildman–Crippen LogP) is 3.55. The molecule has 0 aliphatic heterocycles. The quantitative estimate of drug-likeness (QED) is 0.819. The van der Waals surface area contributed by atoms with Crippen LogP contribution in [-0.2, 0) is 6.54 Å². The number of nitrogens with zero attached hydrogens (tertiary/aromatic N) is 3. The van der Waals surface area contributed by atoms with Gasteiger partial charge in [0.05, 0.1) is 17.2 Å². The molecular weight excluding hydrogens is 282 g/mol. The van der Waals surface area contributed by atoms with E-state index in [4.69, 9.17) is 0 Å². The lowest BCUT2D eigenvalue weighted by Crippen LogP contribution is -2.08.